The van der Waals surface area contributed by atoms with E-state index in [2.05, 4.69) is 74.0 Å². The number of fused-ring (bicyclic) bond motifs is 2. The number of nitrogens with one attached hydrogen (secondary N) is 3. The molecule has 0 unspecified atom stereocenters. The summed E-state index contributed by atoms with van der Waals surface area (Å²) in [5, 5.41) is 36.8. The number of H-pyrrole nitrogens is 1. The highest BCUT2D eigenvalue weighted by molar-refractivity contribution is 7.90. The van der Waals surface area contributed by atoms with Gasteiger partial charge in [0.25, 0.3) is 21.6 Å². The third-order valence-electron chi connectivity index (χ3n) is 15.5. The molecule has 1 amide bonds. The van der Waals surface area contributed by atoms with E-state index in [1.165, 1.54) is 42.5 Å². The first-order valence-corrected chi connectivity index (χ1v) is 25.4. The second-order valence-electron chi connectivity index (χ2n) is 20.3. The predicted molar refractivity (Wildman–Crippen MR) is 257 cm³/mol. The summed E-state index contributed by atoms with van der Waals surface area (Å²) >= 11 is 0. The average molecular weight is 943 g/mol. The zero-order valence-electron chi connectivity index (χ0n) is 38.7. The zero-order chi connectivity index (χ0) is 47.5. The summed E-state index contributed by atoms with van der Waals surface area (Å²) in [6.45, 7) is 10.2. The molecule has 356 valence electrons. The van der Waals surface area contributed by atoms with Crippen molar-refractivity contribution >= 4 is 44.0 Å². The molecule has 2 aromatic heterocycles. The maximum absolute atomic E-state index is 14.2. The maximum Gasteiger partial charge on any atom is 0.297 e. The molecule has 3 aromatic carbocycles. The number of nitro groups is 1. The van der Waals surface area contributed by atoms with Crippen molar-refractivity contribution in [2.75, 3.05) is 43.0 Å². The first-order valence-electron chi connectivity index (χ1n) is 23.9. The summed E-state index contributed by atoms with van der Waals surface area (Å²) < 4.78 is 42.5. The molecule has 2 saturated heterocycles. The van der Waals surface area contributed by atoms with Gasteiger partial charge < -0.3 is 29.8 Å². The van der Waals surface area contributed by atoms with E-state index in [4.69, 9.17) is 9.47 Å². The number of rotatable bonds is 11. The lowest BCUT2D eigenvalue weighted by Crippen LogP contribution is -2.63. The standard InChI is InChI=1S/C51H58N8O8S/c1-31(2)36-7-4-5-8-37(36)38-9-6-10-42(38)58-29-51(30-58)18-21-57(22-19-51)34-11-12-39(44(24-34)67-45-23-33-15-20-53-48(33)55-40(45)27-52)49(60)56-68(64,65)35-25-43(59(62)63)47-46(26-35)66-28-41(54-47)32-13-16-50(3,61)17-14-32/h4-5,7-8,11-12,15,20,23-26,31-32,38,41-42,54,61H,6,9-10,13-14,16-19,21-22,28-30H2,1-3H3,(H,53,55)(H,56,60)/t32-,38-,41-,42-,50-/m1/s1. The van der Waals surface area contributed by atoms with Crippen LogP contribution in [0, 0.1) is 32.8 Å². The van der Waals surface area contributed by atoms with Gasteiger partial charge in [0.15, 0.2) is 22.9 Å². The Morgan fingerprint density at radius 2 is 1.79 bits per heavy atom. The van der Waals surface area contributed by atoms with Crippen molar-refractivity contribution in [1.29, 1.82) is 5.26 Å². The van der Waals surface area contributed by atoms with Crippen LogP contribution >= 0.6 is 0 Å². The van der Waals surface area contributed by atoms with Crippen molar-refractivity contribution in [3.8, 4) is 23.3 Å². The summed E-state index contributed by atoms with van der Waals surface area (Å²) in [6.07, 6.45) is 9.92. The smallest absolute Gasteiger partial charge is 0.297 e. The fourth-order valence-electron chi connectivity index (χ4n) is 11.6. The van der Waals surface area contributed by atoms with E-state index in [0.717, 1.165) is 50.8 Å². The zero-order valence-corrected chi connectivity index (χ0v) is 39.5. The van der Waals surface area contributed by atoms with Crippen LogP contribution in [0.15, 0.2) is 77.8 Å². The number of nitro benzene ring substituents is 1. The molecule has 4 N–H and O–H groups in total. The van der Waals surface area contributed by atoms with E-state index in [0.29, 0.717) is 54.6 Å². The van der Waals surface area contributed by atoms with E-state index >= 15 is 0 Å². The molecule has 10 rings (SSSR count). The van der Waals surface area contributed by atoms with Crippen LogP contribution in [0.5, 0.6) is 17.2 Å². The van der Waals surface area contributed by atoms with Crippen LogP contribution in [0.3, 0.4) is 0 Å². The van der Waals surface area contributed by atoms with Gasteiger partial charge in [0.1, 0.15) is 24.1 Å². The molecule has 0 bridgehead atoms. The van der Waals surface area contributed by atoms with Crippen molar-refractivity contribution in [2.24, 2.45) is 11.3 Å². The van der Waals surface area contributed by atoms with Crippen LogP contribution in [-0.2, 0) is 10.0 Å². The number of amides is 1. The first kappa shape index (κ1) is 45.6. The quantitative estimate of drug-likeness (QED) is 0.0721. The Morgan fingerprint density at radius 1 is 1.03 bits per heavy atom. The van der Waals surface area contributed by atoms with E-state index in [-0.39, 0.29) is 58.2 Å². The van der Waals surface area contributed by atoms with Crippen LogP contribution in [0.25, 0.3) is 11.0 Å². The molecule has 16 nitrogen and oxygen atoms in total. The SMILES string of the molecule is CC(C)c1ccccc1[C@H]1CCC[C@H]1N1CC2(CCN(c3ccc(C(=O)NS(=O)(=O)c4cc5c(c([N+](=O)[O-])c4)N[C@@H]([C@H]4CC[C@](C)(O)CC4)CO5)c(Oc4cc5cc[nH]c5nc4C#N)c3)CC2)C1. The maximum atomic E-state index is 14.2. The molecule has 3 atom stereocenters. The molecule has 5 heterocycles. The van der Waals surface area contributed by atoms with Crippen molar-refractivity contribution in [1.82, 2.24) is 19.6 Å². The molecule has 0 radical (unpaired) electrons. The predicted octanol–water partition coefficient (Wildman–Crippen LogP) is 8.73. The number of carbonyl (C=O) groups excluding carboxylic acids is 1. The fourth-order valence-corrected chi connectivity index (χ4v) is 12.6. The summed E-state index contributed by atoms with van der Waals surface area (Å²) in [5.41, 5.74) is 3.05. The number of aromatic nitrogens is 2. The number of anilines is 2. The van der Waals surface area contributed by atoms with Crippen molar-refractivity contribution < 1.29 is 32.7 Å². The third kappa shape index (κ3) is 8.73. The summed E-state index contributed by atoms with van der Waals surface area (Å²) in [5.74, 6) is 0.142. The highest BCUT2D eigenvalue weighted by Crippen LogP contribution is 2.49. The van der Waals surface area contributed by atoms with Crippen LogP contribution in [0.4, 0.5) is 17.1 Å². The normalized spacial score (nSPS) is 24.7. The number of aromatic amines is 1. The van der Waals surface area contributed by atoms with Gasteiger partial charge in [0.2, 0.25) is 0 Å². The van der Waals surface area contributed by atoms with Gasteiger partial charge in [-0.1, -0.05) is 44.5 Å². The number of carbonyl (C=O) groups is 1. The lowest BCUT2D eigenvalue weighted by Gasteiger charge is -2.57. The van der Waals surface area contributed by atoms with Gasteiger partial charge in [-0.15, -0.1) is 0 Å². The molecule has 17 heteroatoms. The lowest BCUT2D eigenvalue weighted by atomic mass is 9.70. The molecule has 2 aliphatic carbocycles. The minimum atomic E-state index is -4.72. The Balaban J connectivity index is 0.876. The number of hydrogen-bond acceptors (Lipinski definition) is 13. The second kappa shape index (κ2) is 17.7. The van der Waals surface area contributed by atoms with Gasteiger partial charge in [-0.3, -0.25) is 19.8 Å². The second-order valence-corrected chi connectivity index (χ2v) is 22.0. The average Bonchev–Trinajstić information content (AvgIpc) is 3.99. The van der Waals surface area contributed by atoms with Crippen LogP contribution in [0.1, 0.15) is 118 Å². The van der Waals surface area contributed by atoms with E-state index < -0.39 is 37.0 Å². The largest absolute Gasteiger partial charge is 0.489 e. The van der Waals surface area contributed by atoms with Gasteiger partial charge in [0.05, 0.1) is 27.0 Å². The van der Waals surface area contributed by atoms with Gasteiger partial charge in [0, 0.05) is 67.7 Å². The number of nitrogens with zero attached hydrogens (tertiary/aromatic N) is 5. The van der Waals surface area contributed by atoms with Gasteiger partial charge in [-0.2, -0.15) is 5.26 Å². The monoisotopic (exact) mass is 942 g/mol. The van der Waals surface area contributed by atoms with Crippen molar-refractivity contribution in [2.45, 2.75) is 113 Å². The molecule has 2 saturated carbocycles. The number of sulfonamides is 1. The third-order valence-corrected chi connectivity index (χ3v) is 16.8. The van der Waals surface area contributed by atoms with Gasteiger partial charge >= 0.3 is 0 Å². The topological polar surface area (TPSA) is 216 Å². The molecular formula is C51H58N8O8S. The van der Waals surface area contributed by atoms with Gasteiger partial charge in [-0.25, -0.2) is 18.1 Å². The number of ether oxygens (including phenoxy) is 2. The van der Waals surface area contributed by atoms with E-state index in [1.807, 2.05) is 0 Å². The molecular weight excluding hydrogens is 885 g/mol. The molecule has 4 fully saturated rings. The Morgan fingerprint density at radius 3 is 2.53 bits per heavy atom. The Kier molecular flexibility index (Phi) is 11.9. The van der Waals surface area contributed by atoms with E-state index in [1.54, 1.807) is 37.4 Å². The number of benzene rings is 3. The van der Waals surface area contributed by atoms with Crippen LogP contribution in [0.2, 0.25) is 0 Å². The molecule has 1 spiro atoms. The fraction of sp³-hybridized carbons (Fsp3) is 0.471. The summed E-state index contributed by atoms with van der Waals surface area (Å²) in [4.78, 5) is 37.7. The molecule has 5 aliphatic rings. The number of likely N-dealkylation sites (tertiary alicyclic amines) is 1. The number of hydrogen-bond donors (Lipinski definition) is 4. The number of piperidine rings is 1. The highest BCUT2D eigenvalue weighted by atomic mass is 32.2. The van der Waals surface area contributed by atoms with Crippen molar-refractivity contribution in [3.63, 3.8) is 0 Å². The molecule has 68 heavy (non-hydrogen) atoms. The molecule has 5 aromatic rings. The Labute approximate surface area is 396 Å². The van der Waals surface area contributed by atoms with Crippen LogP contribution < -0.4 is 24.4 Å². The summed E-state index contributed by atoms with van der Waals surface area (Å²) in [6, 6.07) is 21.8. The first-order chi connectivity index (χ1) is 32.6. The number of nitriles is 1. The van der Waals surface area contributed by atoms with Crippen molar-refractivity contribution in [3.05, 3.63) is 105 Å². The summed E-state index contributed by atoms with van der Waals surface area (Å²) in [7, 11) is -4.72. The Hall–Kier alpha value is -6.22. The number of pyridine rings is 1. The highest BCUT2D eigenvalue weighted by Gasteiger charge is 2.49. The van der Waals surface area contributed by atoms with Gasteiger partial charge in [-0.05, 0) is 117 Å². The lowest BCUT2D eigenvalue weighted by molar-refractivity contribution is -0.384. The van der Waals surface area contributed by atoms with E-state index in [9.17, 15) is 33.7 Å². The Bertz CT molecular complexity index is 2920. The minimum Gasteiger partial charge on any atom is -0.489 e. The minimum absolute atomic E-state index is 0.00617. The number of aliphatic hydroxyl groups is 1. The molecule has 3 aliphatic heterocycles. The van der Waals surface area contributed by atoms with Crippen LogP contribution in [-0.4, -0.2) is 89.7 Å².